The van der Waals surface area contributed by atoms with Gasteiger partial charge in [0.05, 0.1) is 17.0 Å². The number of fused-ring (bicyclic) bond motifs is 2. The molecule has 35 heavy (non-hydrogen) atoms. The molecule has 4 rings (SSSR count). The maximum absolute atomic E-state index is 13.1. The molecule has 0 spiro atoms. The van der Waals surface area contributed by atoms with Crippen LogP contribution >= 0.6 is 23.2 Å². The quantitative estimate of drug-likeness (QED) is 0.298. The molecule has 4 aromatic rings. The van der Waals surface area contributed by atoms with E-state index in [1.54, 1.807) is 44.4 Å². The Morgan fingerprint density at radius 3 is 2.66 bits per heavy atom. The number of aromatic nitrogens is 3. The second-order valence-electron chi connectivity index (χ2n) is 7.53. The molecule has 3 aromatic heterocycles. The molecule has 0 radical (unpaired) electrons. The number of nitrogens with zero attached hydrogens (tertiary/aromatic N) is 4. The first-order valence-electron chi connectivity index (χ1n) is 10.6. The number of halogens is 2. The molecular weight excluding hydrogens is 495 g/mol. The van der Waals surface area contributed by atoms with Gasteiger partial charge in [-0.15, -0.1) is 0 Å². The van der Waals surface area contributed by atoms with Crippen LogP contribution in [0.25, 0.3) is 16.7 Å². The lowest BCUT2D eigenvalue weighted by Crippen LogP contribution is -2.33. The lowest BCUT2D eigenvalue weighted by molar-refractivity contribution is -0.124. The van der Waals surface area contributed by atoms with Crippen molar-refractivity contribution in [3.63, 3.8) is 0 Å². The van der Waals surface area contributed by atoms with Crippen molar-refractivity contribution >= 4 is 51.8 Å². The highest BCUT2D eigenvalue weighted by atomic mass is 35.5. The van der Waals surface area contributed by atoms with Gasteiger partial charge in [-0.25, -0.2) is 9.78 Å². The summed E-state index contributed by atoms with van der Waals surface area (Å²) in [6, 6.07) is 11.1. The highest BCUT2D eigenvalue weighted by Crippen LogP contribution is 2.28. The zero-order valence-corrected chi connectivity index (χ0v) is 20.5. The van der Waals surface area contributed by atoms with E-state index < -0.39 is 18.0 Å². The highest BCUT2D eigenvalue weighted by Gasteiger charge is 2.21. The Kier molecular flexibility index (Phi) is 6.90. The smallest absolute Gasteiger partial charge is 0.341 e. The van der Waals surface area contributed by atoms with Crippen molar-refractivity contribution in [2.24, 2.45) is 12.0 Å². The van der Waals surface area contributed by atoms with Crippen LogP contribution in [0.2, 0.25) is 10.0 Å². The normalized spacial score (nSPS) is 12.7. The van der Waals surface area contributed by atoms with E-state index in [0.29, 0.717) is 10.7 Å². The molecule has 3 heterocycles. The van der Waals surface area contributed by atoms with Crippen LogP contribution in [0.4, 0.5) is 0 Å². The highest BCUT2D eigenvalue weighted by molar-refractivity contribution is 6.35. The molecule has 0 bridgehead atoms. The number of benzene rings is 1. The van der Waals surface area contributed by atoms with Gasteiger partial charge in [0.1, 0.15) is 22.6 Å². The van der Waals surface area contributed by atoms with E-state index >= 15 is 0 Å². The Morgan fingerprint density at radius 1 is 1.17 bits per heavy atom. The third-order valence-electron chi connectivity index (χ3n) is 5.17. The molecule has 0 fully saturated rings. The maximum atomic E-state index is 13.1. The van der Waals surface area contributed by atoms with Crippen molar-refractivity contribution in [1.29, 1.82) is 0 Å². The number of hydrogen-bond donors (Lipinski definition) is 0. The molecule has 1 amide bonds. The van der Waals surface area contributed by atoms with Crippen LogP contribution in [0.5, 0.6) is 5.75 Å². The predicted molar refractivity (Wildman–Crippen MR) is 131 cm³/mol. The van der Waals surface area contributed by atoms with Crippen molar-refractivity contribution in [2.45, 2.75) is 20.0 Å². The van der Waals surface area contributed by atoms with Crippen molar-refractivity contribution in [3.8, 4) is 5.75 Å². The molecule has 1 atom stereocenters. The fraction of sp³-hybridized carbons (Fsp3) is 0.208. The zero-order valence-electron chi connectivity index (χ0n) is 19.0. The van der Waals surface area contributed by atoms with Crippen LogP contribution in [0.1, 0.15) is 24.2 Å². The summed E-state index contributed by atoms with van der Waals surface area (Å²) in [5, 5.41) is 0.823. The Balaban J connectivity index is 1.88. The first-order valence-corrected chi connectivity index (χ1v) is 11.4. The minimum atomic E-state index is -1.05. The van der Waals surface area contributed by atoms with Gasteiger partial charge >= 0.3 is 5.97 Å². The fourth-order valence-electron chi connectivity index (χ4n) is 3.46. The minimum absolute atomic E-state index is 0.0224. The summed E-state index contributed by atoms with van der Waals surface area (Å²) >= 11 is 12.0. The van der Waals surface area contributed by atoms with Gasteiger partial charge < -0.3 is 14.0 Å². The maximum Gasteiger partial charge on any atom is 0.341 e. The standard InChI is InChI=1S/C24H20Cl2N4O5/c1-4-34-24(33)16-12-15-20(27-19-7-5-6-10-30(19)23(15)32)29(3)21(16)28-22(31)13(2)35-18-9-8-14(25)11-17(18)26/h5-13H,4H2,1-3H3. The van der Waals surface area contributed by atoms with E-state index in [9.17, 15) is 14.4 Å². The molecule has 0 saturated carbocycles. The van der Waals surface area contributed by atoms with Gasteiger partial charge in [-0.2, -0.15) is 4.99 Å². The number of carbonyl (C=O) groups excluding carboxylic acids is 2. The van der Waals surface area contributed by atoms with Gasteiger partial charge in [-0.3, -0.25) is 14.0 Å². The van der Waals surface area contributed by atoms with Crippen LogP contribution in [0.3, 0.4) is 0 Å². The summed E-state index contributed by atoms with van der Waals surface area (Å²) < 4.78 is 13.6. The number of rotatable bonds is 5. The van der Waals surface area contributed by atoms with Crippen LogP contribution in [-0.4, -0.2) is 38.5 Å². The van der Waals surface area contributed by atoms with E-state index in [2.05, 4.69) is 9.98 Å². The topological polar surface area (TPSA) is 104 Å². The molecule has 0 aliphatic heterocycles. The number of ether oxygens (including phenoxy) is 2. The van der Waals surface area contributed by atoms with Gasteiger partial charge in [0.15, 0.2) is 11.6 Å². The molecule has 180 valence electrons. The summed E-state index contributed by atoms with van der Waals surface area (Å²) in [5.74, 6) is -1.17. The monoisotopic (exact) mass is 514 g/mol. The van der Waals surface area contributed by atoms with Crippen LogP contribution < -0.4 is 15.8 Å². The Hall–Kier alpha value is -3.69. The second-order valence-corrected chi connectivity index (χ2v) is 8.37. The van der Waals surface area contributed by atoms with Gasteiger partial charge in [-0.05, 0) is 50.2 Å². The van der Waals surface area contributed by atoms with E-state index in [1.807, 2.05) is 0 Å². The van der Waals surface area contributed by atoms with E-state index in [1.165, 1.54) is 34.1 Å². The fourth-order valence-corrected chi connectivity index (χ4v) is 3.92. The lowest BCUT2D eigenvalue weighted by Gasteiger charge is -2.14. The van der Waals surface area contributed by atoms with E-state index in [0.717, 1.165) is 0 Å². The van der Waals surface area contributed by atoms with E-state index in [4.69, 9.17) is 32.7 Å². The van der Waals surface area contributed by atoms with Gasteiger partial charge in [0.2, 0.25) is 0 Å². The molecule has 9 nitrogen and oxygen atoms in total. The molecular formula is C24H20Cl2N4O5. The lowest BCUT2D eigenvalue weighted by atomic mass is 10.2. The van der Waals surface area contributed by atoms with E-state index in [-0.39, 0.29) is 45.0 Å². The summed E-state index contributed by atoms with van der Waals surface area (Å²) in [5.41, 5.74) is 0.192. The molecule has 1 aromatic carbocycles. The Labute approximate surface area is 209 Å². The summed E-state index contributed by atoms with van der Waals surface area (Å²) in [7, 11) is 1.56. The van der Waals surface area contributed by atoms with Crippen molar-refractivity contribution in [1.82, 2.24) is 14.0 Å². The molecule has 0 aliphatic carbocycles. The number of carbonyl (C=O) groups is 2. The first-order chi connectivity index (χ1) is 16.7. The Morgan fingerprint density at radius 2 is 1.94 bits per heavy atom. The first kappa shape index (κ1) is 24.4. The number of pyridine rings is 2. The predicted octanol–water partition coefficient (Wildman–Crippen LogP) is 3.56. The van der Waals surface area contributed by atoms with Crippen LogP contribution in [-0.2, 0) is 16.6 Å². The Bertz CT molecular complexity index is 1610. The molecule has 0 aliphatic rings. The SMILES string of the molecule is CCOC(=O)c1cc2c(=O)n3ccccc3nc2n(C)c1=NC(=O)C(C)Oc1ccc(Cl)cc1Cl. The van der Waals surface area contributed by atoms with Crippen LogP contribution in [0, 0.1) is 0 Å². The molecule has 0 N–H and O–H groups in total. The number of esters is 1. The van der Waals surface area contributed by atoms with Crippen LogP contribution in [0.15, 0.2) is 58.4 Å². The van der Waals surface area contributed by atoms with Crippen molar-refractivity contribution in [2.75, 3.05) is 6.61 Å². The van der Waals surface area contributed by atoms with Crippen molar-refractivity contribution in [3.05, 3.63) is 80.1 Å². The van der Waals surface area contributed by atoms with Crippen molar-refractivity contribution < 1.29 is 19.1 Å². The number of hydrogen-bond acceptors (Lipinski definition) is 6. The van der Waals surface area contributed by atoms with Gasteiger partial charge in [0, 0.05) is 18.3 Å². The minimum Gasteiger partial charge on any atom is -0.479 e. The third-order valence-corrected chi connectivity index (χ3v) is 5.70. The van der Waals surface area contributed by atoms with Gasteiger partial charge in [0.25, 0.3) is 11.5 Å². The summed E-state index contributed by atoms with van der Waals surface area (Å²) in [4.78, 5) is 47.5. The van der Waals surface area contributed by atoms with Gasteiger partial charge in [-0.1, -0.05) is 29.3 Å². The summed E-state index contributed by atoms with van der Waals surface area (Å²) in [6.45, 7) is 3.24. The zero-order chi connectivity index (χ0) is 25.3. The molecule has 0 saturated heterocycles. The largest absolute Gasteiger partial charge is 0.479 e. The average molecular weight is 515 g/mol. The second kappa shape index (κ2) is 9.89. The molecule has 11 heteroatoms. The third kappa shape index (κ3) is 4.78. The summed E-state index contributed by atoms with van der Waals surface area (Å²) in [6.07, 6.45) is 0.534. The number of aryl methyl sites for hydroxylation is 1. The average Bonchev–Trinajstić information content (AvgIpc) is 2.83. The molecule has 1 unspecified atom stereocenters. The number of amides is 1.